The first-order chi connectivity index (χ1) is 14.3. The molecular formula is C21H28N2O6S. The smallest absolute Gasteiger partial charge is 0.231 e. The van der Waals surface area contributed by atoms with Crippen molar-refractivity contribution in [1.29, 1.82) is 0 Å². The molecule has 0 bridgehead atoms. The zero-order valence-corrected chi connectivity index (χ0v) is 18.0. The maximum Gasteiger partial charge on any atom is 0.231 e. The molecule has 1 aliphatic rings. The number of aliphatic hydroxyl groups is 4. The van der Waals surface area contributed by atoms with Gasteiger partial charge in [-0.15, -0.1) is 11.8 Å². The lowest BCUT2D eigenvalue weighted by Gasteiger charge is -2.39. The fraction of sp³-hybridized carbons (Fsp3) is 0.524. The Balaban J connectivity index is 1.86. The number of rotatable bonds is 7. The molecule has 4 N–H and O–H groups in total. The Morgan fingerprint density at radius 1 is 1.03 bits per heavy atom. The van der Waals surface area contributed by atoms with Crippen LogP contribution in [0.2, 0.25) is 0 Å². The van der Waals surface area contributed by atoms with Crippen molar-refractivity contribution < 1.29 is 29.9 Å². The summed E-state index contributed by atoms with van der Waals surface area (Å²) in [6.07, 6.45) is -6.30. The van der Waals surface area contributed by atoms with Crippen LogP contribution in [0.4, 0.5) is 0 Å². The largest absolute Gasteiger partial charge is 0.445 e. The number of nitrogens with zero attached hydrogens (tertiary/aromatic N) is 2. The Kier molecular flexibility index (Phi) is 7.67. The van der Waals surface area contributed by atoms with E-state index in [9.17, 15) is 20.4 Å². The summed E-state index contributed by atoms with van der Waals surface area (Å²) in [6.45, 7) is 5.16. The Bertz CT molecular complexity index is 848. The number of ether oxygens (including phenoxy) is 2. The van der Waals surface area contributed by atoms with Crippen LogP contribution in [0.3, 0.4) is 0 Å². The second-order valence-corrected chi connectivity index (χ2v) is 8.55. The summed E-state index contributed by atoms with van der Waals surface area (Å²) in [7, 11) is 0. The van der Waals surface area contributed by atoms with Crippen molar-refractivity contribution in [3.05, 3.63) is 46.9 Å². The molecule has 1 aliphatic heterocycles. The van der Waals surface area contributed by atoms with E-state index in [4.69, 9.17) is 9.47 Å². The Labute approximate surface area is 179 Å². The van der Waals surface area contributed by atoms with E-state index in [0.29, 0.717) is 12.2 Å². The maximum atomic E-state index is 10.3. The van der Waals surface area contributed by atoms with E-state index >= 15 is 0 Å². The third kappa shape index (κ3) is 5.11. The topological polar surface area (TPSA) is 125 Å². The molecule has 1 saturated heterocycles. The highest BCUT2D eigenvalue weighted by molar-refractivity contribution is 7.99. The van der Waals surface area contributed by atoms with E-state index in [1.54, 1.807) is 18.7 Å². The molecule has 5 atom stereocenters. The summed E-state index contributed by atoms with van der Waals surface area (Å²) in [5.41, 5.74) is 2.51. The first kappa shape index (κ1) is 22.9. The van der Waals surface area contributed by atoms with Crippen molar-refractivity contribution in [2.24, 2.45) is 0 Å². The molecule has 1 fully saturated rings. The predicted molar refractivity (Wildman–Crippen MR) is 112 cm³/mol. The van der Waals surface area contributed by atoms with E-state index in [2.05, 4.69) is 29.0 Å². The molecule has 8 nitrogen and oxygen atoms in total. The molecule has 0 amide bonds. The van der Waals surface area contributed by atoms with Gasteiger partial charge in [-0.3, -0.25) is 0 Å². The zero-order valence-electron chi connectivity index (χ0n) is 17.2. The van der Waals surface area contributed by atoms with Gasteiger partial charge in [-0.2, -0.15) is 4.98 Å². The van der Waals surface area contributed by atoms with Crippen LogP contribution in [0.1, 0.15) is 29.6 Å². The van der Waals surface area contributed by atoms with Crippen LogP contribution in [0.5, 0.6) is 5.88 Å². The summed E-state index contributed by atoms with van der Waals surface area (Å²) in [4.78, 5) is 9.98. The Morgan fingerprint density at radius 3 is 2.37 bits per heavy atom. The van der Waals surface area contributed by atoms with Crippen molar-refractivity contribution in [3.63, 3.8) is 0 Å². The first-order valence-electron chi connectivity index (χ1n) is 9.87. The molecule has 0 aliphatic carbocycles. The summed E-state index contributed by atoms with van der Waals surface area (Å²) < 4.78 is 11.3. The van der Waals surface area contributed by atoms with E-state index in [-0.39, 0.29) is 5.88 Å². The number of benzene rings is 1. The quantitative estimate of drug-likeness (QED) is 0.470. The van der Waals surface area contributed by atoms with Crippen LogP contribution in [0.25, 0.3) is 0 Å². The zero-order chi connectivity index (χ0) is 21.8. The molecule has 1 aromatic carbocycles. The predicted octanol–water partition coefficient (Wildman–Crippen LogP) is 0.975. The molecule has 2 heterocycles. The Hall–Kier alpha value is -1.75. The summed E-state index contributed by atoms with van der Waals surface area (Å²) in [5, 5.41) is 39.7. The highest BCUT2D eigenvalue weighted by Gasteiger charge is 2.45. The normalized spacial score (nSPS) is 26.6. The monoisotopic (exact) mass is 436 g/mol. The molecule has 9 heteroatoms. The number of thioether (sulfide) groups is 1. The van der Waals surface area contributed by atoms with Crippen LogP contribution in [-0.4, -0.2) is 73.5 Å². The number of aliphatic hydroxyl groups excluding tert-OH is 4. The summed E-state index contributed by atoms with van der Waals surface area (Å²) in [6, 6.07) is 8.20. The summed E-state index contributed by atoms with van der Waals surface area (Å²) in [5.74, 6) is 1.73. The number of aromatic nitrogens is 2. The van der Waals surface area contributed by atoms with E-state index in [0.717, 1.165) is 22.6 Å². The molecule has 0 saturated carbocycles. The van der Waals surface area contributed by atoms with Gasteiger partial charge in [-0.05, 0) is 37.3 Å². The molecular weight excluding hydrogens is 408 g/mol. The van der Waals surface area contributed by atoms with Crippen molar-refractivity contribution in [2.75, 3.05) is 12.4 Å². The van der Waals surface area contributed by atoms with E-state index in [1.165, 1.54) is 4.90 Å². The molecule has 0 radical (unpaired) electrons. The highest BCUT2D eigenvalue weighted by Crippen LogP contribution is 2.28. The molecule has 0 unspecified atom stereocenters. The van der Waals surface area contributed by atoms with E-state index in [1.807, 2.05) is 19.1 Å². The van der Waals surface area contributed by atoms with E-state index < -0.39 is 37.3 Å². The fourth-order valence-electron chi connectivity index (χ4n) is 3.35. The number of hydrogen-bond donors (Lipinski definition) is 4. The van der Waals surface area contributed by atoms with Crippen molar-refractivity contribution in [3.8, 4) is 5.88 Å². The van der Waals surface area contributed by atoms with Gasteiger partial charge < -0.3 is 29.9 Å². The number of aryl methyl sites for hydroxylation is 2. The lowest BCUT2D eigenvalue weighted by molar-refractivity contribution is -0.278. The molecule has 1 aromatic heterocycles. The third-order valence-electron chi connectivity index (χ3n) is 4.98. The van der Waals surface area contributed by atoms with Gasteiger partial charge in [0.25, 0.3) is 0 Å². The minimum Gasteiger partial charge on any atom is -0.445 e. The van der Waals surface area contributed by atoms with Crippen LogP contribution < -0.4 is 4.74 Å². The molecule has 2 aromatic rings. The second-order valence-electron chi connectivity index (χ2n) is 7.21. The van der Waals surface area contributed by atoms with Crippen LogP contribution in [0.15, 0.2) is 29.2 Å². The Morgan fingerprint density at radius 2 is 1.73 bits per heavy atom. The molecule has 3 rings (SSSR count). The van der Waals surface area contributed by atoms with Gasteiger partial charge in [0, 0.05) is 22.6 Å². The lowest BCUT2D eigenvalue weighted by Crippen LogP contribution is -2.60. The standard InChI is InChI=1S/C21H28N2O6S/c1-4-30-14-7-5-13(6-8-14)9-15-11(2)22-12(3)23-20(15)29-21-19(27)18(26)17(25)16(10-24)28-21/h5-8,16-19,21,24-27H,4,9-10H2,1-3H3/t16-,17-,18+,19-,21+/m1/s1. The average molecular weight is 437 g/mol. The maximum absolute atomic E-state index is 10.3. The van der Waals surface area contributed by atoms with Gasteiger partial charge in [0.15, 0.2) is 0 Å². The number of hydrogen-bond acceptors (Lipinski definition) is 9. The van der Waals surface area contributed by atoms with Crippen molar-refractivity contribution in [2.45, 2.75) is 62.8 Å². The molecule has 0 spiro atoms. The SMILES string of the molecule is CCSc1ccc(Cc2c(C)nc(C)nc2O[C@@H]2O[C@H](CO)[C@@H](O)[C@H](O)[C@H]2O)cc1. The van der Waals surface area contributed by atoms with Crippen molar-refractivity contribution >= 4 is 11.8 Å². The van der Waals surface area contributed by atoms with Gasteiger partial charge in [0.05, 0.1) is 6.61 Å². The van der Waals surface area contributed by atoms with Crippen molar-refractivity contribution in [1.82, 2.24) is 9.97 Å². The van der Waals surface area contributed by atoms with Gasteiger partial charge in [0.2, 0.25) is 12.2 Å². The van der Waals surface area contributed by atoms with Crippen LogP contribution >= 0.6 is 11.8 Å². The molecule has 164 valence electrons. The minimum atomic E-state index is -1.52. The van der Waals surface area contributed by atoms with Gasteiger partial charge in [0.1, 0.15) is 30.2 Å². The van der Waals surface area contributed by atoms with Crippen LogP contribution in [-0.2, 0) is 11.2 Å². The lowest BCUT2D eigenvalue weighted by atomic mass is 9.99. The first-order valence-corrected chi connectivity index (χ1v) is 10.9. The van der Waals surface area contributed by atoms with Crippen LogP contribution in [0, 0.1) is 13.8 Å². The summed E-state index contributed by atoms with van der Waals surface area (Å²) >= 11 is 1.77. The highest BCUT2D eigenvalue weighted by atomic mass is 32.2. The van der Waals surface area contributed by atoms with Gasteiger partial charge in [-0.1, -0.05) is 19.1 Å². The minimum absolute atomic E-state index is 0.233. The second kappa shape index (κ2) is 10.0. The van der Waals surface area contributed by atoms with Gasteiger partial charge in [-0.25, -0.2) is 4.98 Å². The van der Waals surface area contributed by atoms with Gasteiger partial charge >= 0.3 is 0 Å². The fourth-order valence-corrected chi connectivity index (χ4v) is 4.02. The average Bonchev–Trinajstić information content (AvgIpc) is 2.72. The third-order valence-corrected chi connectivity index (χ3v) is 5.87. The molecule has 30 heavy (non-hydrogen) atoms.